The zero-order valence-electron chi connectivity index (χ0n) is 24.1. The Morgan fingerprint density at radius 3 is 2.43 bits per heavy atom. The van der Waals surface area contributed by atoms with E-state index in [0.717, 1.165) is 42.7 Å². The van der Waals surface area contributed by atoms with E-state index in [9.17, 15) is 19.5 Å². The van der Waals surface area contributed by atoms with Gasteiger partial charge in [-0.05, 0) is 78.9 Å². The molecule has 2 aliphatic rings. The summed E-state index contributed by atoms with van der Waals surface area (Å²) in [5.41, 5.74) is 4.48. The second-order valence-electron chi connectivity index (χ2n) is 10.9. The number of carbonyl (C=O) groups is 3. The van der Waals surface area contributed by atoms with E-state index in [1.807, 2.05) is 18.2 Å². The van der Waals surface area contributed by atoms with Crippen LogP contribution in [0.3, 0.4) is 0 Å². The molecule has 0 bridgehead atoms. The maximum absolute atomic E-state index is 14.0. The zero-order chi connectivity index (χ0) is 30.8. The fourth-order valence-electron chi connectivity index (χ4n) is 6.05. The van der Waals surface area contributed by atoms with Gasteiger partial charge in [-0.3, -0.25) is 9.59 Å². The van der Waals surface area contributed by atoms with Crippen molar-refractivity contribution in [3.63, 3.8) is 0 Å². The molecular weight excluding hydrogens is 582 g/mol. The summed E-state index contributed by atoms with van der Waals surface area (Å²) in [7, 11) is 1.74. The number of nitrogens with one attached hydrogen (secondary N) is 1. The smallest absolute Gasteiger partial charge is 0.335 e. The second-order valence-corrected chi connectivity index (χ2v) is 11.4. The summed E-state index contributed by atoms with van der Waals surface area (Å²) in [6, 6.07) is 18.1. The molecule has 0 radical (unpaired) electrons. The number of anilines is 2. The third-order valence-corrected chi connectivity index (χ3v) is 8.56. The SMILES string of the molecule is COC1CCN(c2cccc3c2CCN(C(=O)c2cnn(-c4cccc(Cl)c4)c2)C3C(=O)Nc2ccc(C(=O)O)cc2)CC1. The van der Waals surface area contributed by atoms with E-state index >= 15 is 0 Å². The number of aromatic nitrogens is 2. The summed E-state index contributed by atoms with van der Waals surface area (Å²) in [5, 5.41) is 17.1. The number of aromatic carboxylic acids is 1. The number of carbonyl (C=O) groups excluding carboxylic acids is 2. The summed E-state index contributed by atoms with van der Waals surface area (Å²) in [5.74, 6) is -1.77. The fourth-order valence-corrected chi connectivity index (χ4v) is 6.23. The van der Waals surface area contributed by atoms with Crippen LogP contribution in [0.2, 0.25) is 5.02 Å². The van der Waals surface area contributed by atoms with Gasteiger partial charge >= 0.3 is 5.97 Å². The van der Waals surface area contributed by atoms with Gasteiger partial charge in [-0.15, -0.1) is 0 Å². The van der Waals surface area contributed by atoms with E-state index in [1.54, 1.807) is 53.2 Å². The van der Waals surface area contributed by atoms with Crippen LogP contribution in [-0.2, 0) is 16.0 Å². The molecule has 6 rings (SSSR count). The van der Waals surface area contributed by atoms with Crippen molar-refractivity contribution < 1.29 is 24.2 Å². The summed E-state index contributed by atoms with van der Waals surface area (Å²) in [6.45, 7) is 2.01. The highest BCUT2D eigenvalue weighted by atomic mass is 35.5. The second kappa shape index (κ2) is 12.5. The molecule has 226 valence electrons. The van der Waals surface area contributed by atoms with E-state index in [-0.39, 0.29) is 23.5 Å². The molecule has 1 saturated heterocycles. The molecule has 0 aliphatic carbocycles. The standard InChI is InChI=1S/C33H32ClN5O5/c1-44-26-12-15-37(16-13-26)29-7-3-6-28-27(29)14-17-38(30(28)31(40)36-24-10-8-21(9-11-24)33(42)43)32(41)22-19-35-39(20-22)25-5-2-4-23(34)18-25/h2-11,18-20,26,30H,12-17H2,1H3,(H,36,40)(H,42,43). The van der Waals surface area contributed by atoms with Crippen LogP contribution < -0.4 is 10.2 Å². The van der Waals surface area contributed by atoms with Gasteiger partial charge in [0, 0.05) is 49.3 Å². The number of nitrogens with zero attached hydrogens (tertiary/aromatic N) is 4. The lowest BCUT2D eigenvalue weighted by molar-refractivity contribution is -0.121. The topological polar surface area (TPSA) is 117 Å². The number of benzene rings is 3. The van der Waals surface area contributed by atoms with E-state index in [1.165, 1.54) is 18.3 Å². The van der Waals surface area contributed by atoms with Crippen LogP contribution in [0, 0.1) is 0 Å². The molecule has 1 atom stereocenters. The van der Waals surface area contributed by atoms with Crippen molar-refractivity contribution in [2.45, 2.75) is 31.4 Å². The first-order valence-electron chi connectivity index (χ1n) is 14.5. The van der Waals surface area contributed by atoms with E-state index < -0.39 is 12.0 Å². The van der Waals surface area contributed by atoms with Crippen LogP contribution in [0.25, 0.3) is 5.69 Å². The van der Waals surface area contributed by atoms with Crippen LogP contribution in [0.1, 0.15) is 50.7 Å². The van der Waals surface area contributed by atoms with Gasteiger partial charge in [-0.25, -0.2) is 9.48 Å². The third kappa shape index (κ3) is 5.91. The van der Waals surface area contributed by atoms with Crippen LogP contribution in [0.5, 0.6) is 0 Å². The molecule has 1 fully saturated rings. The van der Waals surface area contributed by atoms with Crippen molar-refractivity contribution in [1.82, 2.24) is 14.7 Å². The van der Waals surface area contributed by atoms with Crippen LogP contribution in [-0.4, -0.2) is 70.4 Å². The number of methoxy groups -OCH3 is 1. The maximum atomic E-state index is 14.0. The third-order valence-electron chi connectivity index (χ3n) is 8.32. The van der Waals surface area contributed by atoms with Gasteiger partial charge in [0.1, 0.15) is 6.04 Å². The number of halogens is 1. The highest BCUT2D eigenvalue weighted by Crippen LogP contribution is 2.38. The van der Waals surface area contributed by atoms with Gasteiger partial charge in [-0.1, -0.05) is 29.8 Å². The fraction of sp³-hybridized carbons (Fsp3) is 0.273. The van der Waals surface area contributed by atoms with Crippen LogP contribution in [0.15, 0.2) is 79.1 Å². The lowest BCUT2D eigenvalue weighted by Crippen LogP contribution is -2.46. The maximum Gasteiger partial charge on any atom is 0.335 e. The predicted octanol–water partition coefficient (Wildman–Crippen LogP) is 5.22. The molecule has 2 N–H and O–H groups in total. The quantitative estimate of drug-likeness (QED) is 0.294. The van der Waals surface area contributed by atoms with Crippen LogP contribution >= 0.6 is 11.6 Å². The van der Waals surface area contributed by atoms with Crippen LogP contribution in [0.4, 0.5) is 11.4 Å². The number of hydrogen-bond donors (Lipinski definition) is 2. The summed E-state index contributed by atoms with van der Waals surface area (Å²) >= 11 is 6.16. The minimum absolute atomic E-state index is 0.112. The molecular formula is C33H32ClN5O5. The Morgan fingerprint density at radius 1 is 0.977 bits per heavy atom. The number of ether oxygens (including phenoxy) is 1. The van der Waals surface area contributed by atoms with E-state index in [2.05, 4.69) is 21.4 Å². The van der Waals surface area contributed by atoms with Gasteiger partial charge in [0.05, 0.1) is 29.1 Å². The molecule has 3 heterocycles. The molecule has 0 saturated carbocycles. The van der Waals surface area contributed by atoms with Gasteiger partial charge in [-0.2, -0.15) is 5.10 Å². The minimum Gasteiger partial charge on any atom is -0.478 e. The van der Waals surface area contributed by atoms with E-state index in [0.29, 0.717) is 34.9 Å². The predicted molar refractivity (Wildman–Crippen MR) is 167 cm³/mol. The van der Waals surface area contributed by atoms with E-state index in [4.69, 9.17) is 16.3 Å². The molecule has 10 nitrogen and oxygen atoms in total. The first kappa shape index (κ1) is 29.4. The van der Waals surface area contributed by atoms with Crippen molar-refractivity contribution in [2.24, 2.45) is 0 Å². The number of rotatable bonds is 7. The van der Waals surface area contributed by atoms with Gasteiger partial charge in [0.15, 0.2) is 0 Å². The van der Waals surface area contributed by atoms with Gasteiger partial charge in [0.25, 0.3) is 11.8 Å². The Bertz CT molecular complexity index is 1700. The molecule has 0 spiro atoms. The van der Waals surface area contributed by atoms with Crippen molar-refractivity contribution in [2.75, 3.05) is 37.0 Å². The molecule has 4 aromatic rings. The van der Waals surface area contributed by atoms with Crippen molar-refractivity contribution >= 4 is 40.8 Å². The molecule has 2 aliphatic heterocycles. The van der Waals surface area contributed by atoms with Gasteiger partial charge < -0.3 is 25.0 Å². The minimum atomic E-state index is -1.05. The lowest BCUT2D eigenvalue weighted by atomic mass is 9.89. The molecule has 44 heavy (non-hydrogen) atoms. The Kier molecular flexibility index (Phi) is 8.36. The average molecular weight is 614 g/mol. The molecule has 2 amide bonds. The Morgan fingerprint density at radius 2 is 1.73 bits per heavy atom. The molecule has 11 heteroatoms. The first-order valence-corrected chi connectivity index (χ1v) is 14.9. The number of amides is 2. The molecule has 1 unspecified atom stereocenters. The highest BCUT2D eigenvalue weighted by molar-refractivity contribution is 6.30. The average Bonchev–Trinajstić information content (AvgIpc) is 3.54. The van der Waals surface area contributed by atoms with Crippen molar-refractivity contribution in [3.8, 4) is 5.69 Å². The monoisotopic (exact) mass is 613 g/mol. The number of carboxylic acids is 1. The molecule has 1 aromatic heterocycles. The zero-order valence-corrected chi connectivity index (χ0v) is 24.9. The van der Waals surface area contributed by atoms with Gasteiger partial charge in [0.2, 0.25) is 0 Å². The number of fused-ring (bicyclic) bond motifs is 1. The Labute approximate surface area is 259 Å². The number of carboxylic acid groups (broad SMARTS) is 1. The summed E-state index contributed by atoms with van der Waals surface area (Å²) in [4.78, 5) is 43.3. The van der Waals surface area contributed by atoms with Crippen molar-refractivity contribution in [3.05, 3.63) is 106 Å². The highest BCUT2D eigenvalue weighted by Gasteiger charge is 2.38. The first-order chi connectivity index (χ1) is 21.3. The normalized spacial score (nSPS) is 16.8. The molecule has 3 aromatic carbocycles. The Balaban J connectivity index is 1.34. The summed E-state index contributed by atoms with van der Waals surface area (Å²) < 4.78 is 7.14. The summed E-state index contributed by atoms with van der Waals surface area (Å²) in [6.07, 6.45) is 5.78. The lowest BCUT2D eigenvalue weighted by Gasteiger charge is -2.40. The Hall–Kier alpha value is -4.67. The number of hydrogen-bond acceptors (Lipinski definition) is 6. The van der Waals surface area contributed by atoms with Crippen molar-refractivity contribution in [1.29, 1.82) is 0 Å². The number of piperidine rings is 1. The largest absolute Gasteiger partial charge is 0.478 e.